The number of likely N-dealkylation sites (N-methyl/N-ethyl adjacent to an activating group) is 1. The molecular formula is C16H15N3O2. The van der Waals surface area contributed by atoms with Gasteiger partial charge < -0.3 is 4.90 Å². The molecule has 0 saturated heterocycles. The number of hydroxylamine groups is 1. The second kappa shape index (κ2) is 5.03. The highest BCUT2D eigenvalue weighted by Crippen LogP contribution is 2.32. The average Bonchev–Trinajstić information content (AvgIpc) is 2.60. The van der Waals surface area contributed by atoms with Crippen LogP contribution in [0, 0.1) is 5.41 Å². The Balaban J connectivity index is 2.15. The SMILES string of the molecule is CN1C(=O)c2ccccc2N(O)C(=N)C1c1ccccc1. The van der Waals surface area contributed by atoms with Crippen molar-refractivity contribution in [3.05, 3.63) is 65.7 Å². The van der Waals surface area contributed by atoms with Crippen LogP contribution in [0.3, 0.4) is 0 Å². The molecule has 1 atom stereocenters. The first kappa shape index (κ1) is 13.3. The van der Waals surface area contributed by atoms with Gasteiger partial charge in [-0.15, -0.1) is 0 Å². The number of fused-ring (bicyclic) bond motifs is 1. The van der Waals surface area contributed by atoms with Gasteiger partial charge in [-0.2, -0.15) is 0 Å². The van der Waals surface area contributed by atoms with E-state index in [-0.39, 0.29) is 11.7 Å². The number of carbonyl (C=O) groups excluding carboxylic acids is 1. The Morgan fingerprint density at radius 2 is 1.67 bits per heavy atom. The molecule has 5 heteroatoms. The molecule has 1 aliphatic rings. The average molecular weight is 281 g/mol. The number of rotatable bonds is 1. The normalized spacial score (nSPS) is 18.5. The van der Waals surface area contributed by atoms with E-state index in [1.807, 2.05) is 30.3 Å². The summed E-state index contributed by atoms with van der Waals surface area (Å²) in [7, 11) is 1.64. The number of benzene rings is 2. The number of nitrogens with zero attached hydrogens (tertiary/aromatic N) is 2. The third-order valence-electron chi connectivity index (χ3n) is 3.67. The first-order chi connectivity index (χ1) is 10.1. The van der Waals surface area contributed by atoms with E-state index in [0.29, 0.717) is 11.3 Å². The molecule has 2 aromatic rings. The summed E-state index contributed by atoms with van der Waals surface area (Å²) in [6.45, 7) is 0. The number of amidine groups is 1. The molecule has 2 N–H and O–H groups in total. The molecular weight excluding hydrogens is 266 g/mol. The van der Waals surface area contributed by atoms with Gasteiger partial charge in [0.2, 0.25) is 0 Å². The van der Waals surface area contributed by atoms with Gasteiger partial charge in [0.15, 0.2) is 5.84 Å². The maximum Gasteiger partial charge on any atom is 0.256 e. The second-order valence-corrected chi connectivity index (χ2v) is 4.94. The molecule has 0 saturated carbocycles. The van der Waals surface area contributed by atoms with Crippen molar-refractivity contribution in [2.45, 2.75) is 6.04 Å². The monoisotopic (exact) mass is 281 g/mol. The number of hydrogen-bond acceptors (Lipinski definition) is 3. The zero-order chi connectivity index (χ0) is 15.0. The molecule has 0 fully saturated rings. The Hall–Kier alpha value is -2.66. The Bertz CT molecular complexity index is 700. The van der Waals surface area contributed by atoms with Crippen LogP contribution in [0.1, 0.15) is 22.0 Å². The van der Waals surface area contributed by atoms with Gasteiger partial charge in [-0.3, -0.25) is 15.4 Å². The second-order valence-electron chi connectivity index (χ2n) is 4.94. The fraction of sp³-hybridized carbons (Fsp3) is 0.125. The largest absolute Gasteiger partial charge is 0.327 e. The summed E-state index contributed by atoms with van der Waals surface area (Å²) >= 11 is 0. The number of hydrogen-bond donors (Lipinski definition) is 2. The highest BCUT2D eigenvalue weighted by Gasteiger charge is 2.35. The van der Waals surface area contributed by atoms with E-state index >= 15 is 0 Å². The molecule has 3 rings (SSSR count). The molecule has 106 valence electrons. The molecule has 21 heavy (non-hydrogen) atoms. The van der Waals surface area contributed by atoms with Crippen molar-refractivity contribution in [2.24, 2.45) is 0 Å². The maximum atomic E-state index is 12.6. The third kappa shape index (κ3) is 2.08. The van der Waals surface area contributed by atoms with Gasteiger partial charge in [0.05, 0.1) is 11.3 Å². The zero-order valence-corrected chi connectivity index (χ0v) is 11.5. The predicted molar refractivity (Wildman–Crippen MR) is 79.7 cm³/mol. The van der Waals surface area contributed by atoms with E-state index < -0.39 is 6.04 Å². The first-order valence-electron chi connectivity index (χ1n) is 6.60. The summed E-state index contributed by atoms with van der Waals surface area (Å²) in [6.07, 6.45) is 0. The van der Waals surface area contributed by atoms with Crippen molar-refractivity contribution < 1.29 is 10.0 Å². The number of carbonyl (C=O) groups is 1. The number of nitrogens with one attached hydrogen (secondary N) is 1. The van der Waals surface area contributed by atoms with Gasteiger partial charge in [-0.25, -0.2) is 5.06 Å². The first-order valence-corrected chi connectivity index (χ1v) is 6.60. The number of amides is 1. The molecule has 1 aliphatic heterocycles. The van der Waals surface area contributed by atoms with E-state index in [1.54, 1.807) is 31.3 Å². The zero-order valence-electron chi connectivity index (χ0n) is 11.5. The molecule has 2 aromatic carbocycles. The molecule has 1 unspecified atom stereocenters. The van der Waals surface area contributed by atoms with Crippen molar-refractivity contribution in [3.63, 3.8) is 0 Å². The minimum atomic E-state index is -0.629. The quantitative estimate of drug-likeness (QED) is 0.844. The lowest BCUT2D eigenvalue weighted by atomic mass is 10.0. The van der Waals surface area contributed by atoms with Crippen LogP contribution in [-0.2, 0) is 0 Å². The Morgan fingerprint density at radius 1 is 1.05 bits per heavy atom. The molecule has 0 radical (unpaired) electrons. The van der Waals surface area contributed by atoms with Gasteiger partial charge in [-0.1, -0.05) is 42.5 Å². The van der Waals surface area contributed by atoms with Crippen LogP contribution >= 0.6 is 0 Å². The summed E-state index contributed by atoms with van der Waals surface area (Å²) in [6, 6.07) is 15.4. The van der Waals surface area contributed by atoms with Crippen molar-refractivity contribution in [1.82, 2.24) is 4.90 Å². The van der Waals surface area contributed by atoms with Crippen LogP contribution in [0.25, 0.3) is 0 Å². The van der Waals surface area contributed by atoms with E-state index in [0.717, 1.165) is 10.6 Å². The van der Waals surface area contributed by atoms with Crippen LogP contribution < -0.4 is 5.06 Å². The molecule has 0 spiro atoms. The van der Waals surface area contributed by atoms with Crippen molar-refractivity contribution in [2.75, 3.05) is 12.1 Å². The third-order valence-corrected chi connectivity index (χ3v) is 3.67. The van der Waals surface area contributed by atoms with Gasteiger partial charge in [-0.05, 0) is 17.7 Å². The summed E-state index contributed by atoms with van der Waals surface area (Å²) in [4.78, 5) is 14.1. The van der Waals surface area contributed by atoms with Crippen LogP contribution in [0.2, 0.25) is 0 Å². The Kier molecular flexibility index (Phi) is 3.19. The van der Waals surface area contributed by atoms with E-state index in [9.17, 15) is 10.0 Å². The fourth-order valence-electron chi connectivity index (χ4n) is 2.59. The number of para-hydroxylation sites is 1. The number of anilines is 1. The van der Waals surface area contributed by atoms with Gasteiger partial charge in [0, 0.05) is 7.05 Å². The molecule has 0 aromatic heterocycles. The minimum absolute atomic E-state index is 0.0537. The van der Waals surface area contributed by atoms with Crippen LogP contribution in [-0.4, -0.2) is 28.9 Å². The topological polar surface area (TPSA) is 67.6 Å². The van der Waals surface area contributed by atoms with E-state index in [2.05, 4.69) is 0 Å². The lowest BCUT2D eigenvalue weighted by Crippen LogP contribution is -2.38. The predicted octanol–water partition coefficient (Wildman–Crippen LogP) is 2.69. The molecule has 0 bridgehead atoms. The summed E-state index contributed by atoms with van der Waals surface area (Å²) < 4.78 is 0. The molecule has 0 aliphatic carbocycles. The molecule has 5 nitrogen and oxygen atoms in total. The Morgan fingerprint density at radius 3 is 2.38 bits per heavy atom. The van der Waals surface area contributed by atoms with E-state index in [1.165, 1.54) is 4.90 Å². The van der Waals surface area contributed by atoms with Gasteiger partial charge >= 0.3 is 0 Å². The standard InChI is InChI=1S/C16H15N3O2/c1-18-14(11-7-3-2-4-8-11)15(17)19(21)13-10-6-5-9-12(13)16(18)20/h2-10,14,17,21H,1H3. The smallest absolute Gasteiger partial charge is 0.256 e. The summed E-state index contributed by atoms with van der Waals surface area (Å²) in [5.41, 5.74) is 1.49. The van der Waals surface area contributed by atoms with Crippen molar-refractivity contribution in [3.8, 4) is 0 Å². The van der Waals surface area contributed by atoms with Crippen LogP contribution in [0.15, 0.2) is 54.6 Å². The van der Waals surface area contributed by atoms with E-state index in [4.69, 9.17) is 5.41 Å². The minimum Gasteiger partial charge on any atom is -0.327 e. The van der Waals surface area contributed by atoms with Gasteiger partial charge in [0.25, 0.3) is 5.91 Å². The van der Waals surface area contributed by atoms with Crippen LogP contribution in [0.5, 0.6) is 0 Å². The highest BCUT2D eigenvalue weighted by atomic mass is 16.5. The van der Waals surface area contributed by atoms with Crippen LogP contribution in [0.4, 0.5) is 5.69 Å². The fourth-order valence-corrected chi connectivity index (χ4v) is 2.59. The Labute approximate surface area is 122 Å². The van der Waals surface area contributed by atoms with Gasteiger partial charge in [0.1, 0.15) is 6.04 Å². The lowest BCUT2D eigenvalue weighted by molar-refractivity contribution is 0.0772. The lowest BCUT2D eigenvalue weighted by Gasteiger charge is -2.28. The van der Waals surface area contributed by atoms with Crippen molar-refractivity contribution in [1.29, 1.82) is 5.41 Å². The molecule has 1 heterocycles. The molecule has 1 amide bonds. The highest BCUT2D eigenvalue weighted by molar-refractivity contribution is 6.10. The maximum absolute atomic E-state index is 12.6. The van der Waals surface area contributed by atoms with Crippen molar-refractivity contribution >= 4 is 17.4 Å². The summed E-state index contributed by atoms with van der Waals surface area (Å²) in [5, 5.41) is 19.4. The summed E-state index contributed by atoms with van der Waals surface area (Å²) in [5.74, 6) is -0.275.